The summed E-state index contributed by atoms with van der Waals surface area (Å²) in [6.07, 6.45) is 2.87. The second-order valence-corrected chi connectivity index (χ2v) is 5.01. The molecule has 1 unspecified atom stereocenters. The van der Waals surface area contributed by atoms with E-state index >= 15 is 0 Å². The van der Waals surface area contributed by atoms with E-state index in [1.54, 1.807) is 7.11 Å². The fraction of sp³-hybridized carbons (Fsp3) is 0.529. The summed E-state index contributed by atoms with van der Waals surface area (Å²) in [5.41, 5.74) is 0. The summed E-state index contributed by atoms with van der Waals surface area (Å²) in [5, 5.41) is 3.36. The van der Waals surface area contributed by atoms with Crippen molar-refractivity contribution in [1.29, 1.82) is 0 Å². The van der Waals surface area contributed by atoms with Crippen LogP contribution in [-0.4, -0.2) is 32.6 Å². The smallest absolute Gasteiger partial charge is 0.119 e. The molecule has 0 bridgehead atoms. The molecule has 0 saturated carbocycles. The monoisotopic (exact) mass is 289 g/mol. The Balaban J connectivity index is 1.56. The zero-order valence-corrected chi connectivity index (χ0v) is 12.7. The van der Waals surface area contributed by atoms with Gasteiger partial charge in [0.1, 0.15) is 17.7 Å². The van der Waals surface area contributed by atoms with Crippen LogP contribution in [0.25, 0.3) is 0 Å². The van der Waals surface area contributed by atoms with Gasteiger partial charge in [0, 0.05) is 18.9 Å². The summed E-state index contributed by atoms with van der Waals surface area (Å²) in [6.45, 7) is 3.44. The van der Waals surface area contributed by atoms with E-state index in [4.69, 9.17) is 14.2 Å². The van der Waals surface area contributed by atoms with Crippen LogP contribution in [0, 0.1) is 11.8 Å². The van der Waals surface area contributed by atoms with Crippen LogP contribution in [0.5, 0.6) is 11.5 Å². The fourth-order valence-corrected chi connectivity index (χ4v) is 2.17. The maximum atomic E-state index is 5.61. The van der Waals surface area contributed by atoms with E-state index in [1.807, 2.05) is 31.2 Å². The molecule has 0 aliphatic carbocycles. The number of hydrogen-bond acceptors (Lipinski definition) is 4. The second kappa shape index (κ2) is 8.56. The molecule has 2 atom stereocenters. The molecule has 0 spiro atoms. The Morgan fingerprint density at radius 2 is 1.90 bits per heavy atom. The van der Waals surface area contributed by atoms with Gasteiger partial charge in [-0.2, -0.15) is 0 Å². The Morgan fingerprint density at radius 3 is 2.57 bits per heavy atom. The first-order valence-electron chi connectivity index (χ1n) is 7.38. The summed E-state index contributed by atoms with van der Waals surface area (Å²) in [7, 11) is 1.65. The van der Waals surface area contributed by atoms with Crippen LogP contribution in [0.2, 0.25) is 0 Å². The van der Waals surface area contributed by atoms with Crippen LogP contribution in [0.3, 0.4) is 0 Å². The fourth-order valence-electron chi connectivity index (χ4n) is 2.17. The first-order chi connectivity index (χ1) is 10.3. The third-order valence-electron chi connectivity index (χ3n) is 3.32. The van der Waals surface area contributed by atoms with Crippen molar-refractivity contribution in [3.05, 3.63) is 24.3 Å². The maximum absolute atomic E-state index is 5.61. The Hall–Kier alpha value is -1.70. The first kappa shape index (κ1) is 15.7. The minimum absolute atomic E-state index is 0.181. The van der Waals surface area contributed by atoms with Gasteiger partial charge in [-0.15, -0.1) is 5.92 Å². The van der Waals surface area contributed by atoms with Crippen molar-refractivity contribution in [2.45, 2.75) is 38.5 Å². The third-order valence-corrected chi connectivity index (χ3v) is 3.32. The largest absolute Gasteiger partial charge is 0.497 e. The predicted octanol–water partition coefficient (Wildman–Crippen LogP) is 2.58. The van der Waals surface area contributed by atoms with E-state index in [0.717, 1.165) is 37.4 Å². The third kappa shape index (κ3) is 5.66. The summed E-state index contributed by atoms with van der Waals surface area (Å²) >= 11 is 0. The molecule has 1 aromatic carbocycles. The molecule has 1 N–H and O–H groups in total. The molecule has 1 aliphatic rings. The normalized spacial score (nSPS) is 20.7. The van der Waals surface area contributed by atoms with E-state index in [0.29, 0.717) is 12.6 Å². The number of methoxy groups -OCH3 is 1. The van der Waals surface area contributed by atoms with Crippen LogP contribution in [0.1, 0.15) is 26.2 Å². The van der Waals surface area contributed by atoms with Crippen LogP contribution in [-0.2, 0) is 4.74 Å². The number of benzene rings is 1. The minimum atomic E-state index is 0.181. The lowest BCUT2D eigenvalue weighted by molar-refractivity contribution is 0.115. The first-order valence-corrected chi connectivity index (χ1v) is 7.38. The average molecular weight is 289 g/mol. The van der Waals surface area contributed by atoms with Gasteiger partial charge in [0.25, 0.3) is 0 Å². The number of hydrogen-bond donors (Lipinski definition) is 1. The summed E-state index contributed by atoms with van der Waals surface area (Å²) in [4.78, 5) is 0. The highest BCUT2D eigenvalue weighted by atomic mass is 16.5. The van der Waals surface area contributed by atoms with Gasteiger partial charge in [-0.1, -0.05) is 5.92 Å². The summed E-state index contributed by atoms with van der Waals surface area (Å²) in [6, 6.07) is 8.03. The number of rotatable bonds is 6. The van der Waals surface area contributed by atoms with E-state index in [1.165, 1.54) is 0 Å². The molecule has 1 saturated heterocycles. The molecule has 1 aromatic rings. The van der Waals surface area contributed by atoms with Gasteiger partial charge in [-0.3, -0.25) is 5.32 Å². The number of nitrogens with one attached hydrogen (secondary N) is 1. The van der Waals surface area contributed by atoms with Crippen molar-refractivity contribution >= 4 is 0 Å². The topological polar surface area (TPSA) is 39.7 Å². The molecule has 0 radical (unpaired) electrons. The van der Waals surface area contributed by atoms with Crippen LogP contribution >= 0.6 is 0 Å². The highest BCUT2D eigenvalue weighted by Crippen LogP contribution is 2.16. The second-order valence-electron chi connectivity index (χ2n) is 5.01. The van der Waals surface area contributed by atoms with Crippen molar-refractivity contribution in [3.63, 3.8) is 0 Å². The maximum Gasteiger partial charge on any atom is 0.119 e. The lowest BCUT2D eigenvalue weighted by Crippen LogP contribution is -2.28. The van der Waals surface area contributed by atoms with Crippen molar-refractivity contribution < 1.29 is 14.2 Å². The van der Waals surface area contributed by atoms with Gasteiger partial charge in [0.2, 0.25) is 0 Å². The van der Waals surface area contributed by atoms with Crippen LogP contribution in [0.4, 0.5) is 0 Å². The van der Waals surface area contributed by atoms with Crippen molar-refractivity contribution in [2.24, 2.45) is 0 Å². The van der Waals surface area contributed by atoms with Crippen molar-refractivity contribution in [1.82, 2.24) is 5.32 Å². The molecule has 1 fully saturated rings. The van der Waals surface area contributed by atoms with Crippen molar-refractivity contribution in [2.75, 3.05) is 20.3 Å². The molecular weight excluding hydrogens is 266 g/mol. The Labute approximate surface area is 126 Å². The Kier molecular flexibility index (Phi) is 6.39. The Bertz CT molecular complexity index is 475. The predicted molar refractivity (Wildman–Crippen MR) is 82.5 cm³/mol. The average Bonchev–Trinajstić information content (AvgIpc) is 2.92. The highest BCUT2D eigenvalue weighted by molar-refractivity contribution is 5.31. The van der Waals surface area contributed by atoms with Gasteiger partial charge in [-0.05, 0) is 37.6 Å². The molecule has 2 rings (SSSR count). The lowest BCUT2D eigenvalue weighted by atomic mass is 10.2. The molecule has 4 nitrogen and oxygen atoms in total. The standard InChI is InChI=1S/C17H23NO3/c1-14-18-15(13-21-14)7-5-3-4-6-12-20-17-10-8-16(19-2)9-11-17/h8-11,14-15,18H,5-7,12-13H2,1-2H3/t14?,15-/m1/s1. The zero-order valence-electron chi connectivity index (χ0n) is 12.7. The van der Waals surface area contributed by atoms with Crippen LogP contribution in [0.15, 0.2) is 24.3 Å². The van der Waals surface area contributed by atoms with E-state index in [2.05, 4.69) is 17.2 Å². The van der Waals surface area contributed by atoms with Gasteiger partial charge in [0.05, 0.1) is 20.3 Å². The van der Waals surface area contributed by atoms with Crippen molar-refractivity contribution in [3.8, 4) is 23.3 Å². The van der Waals surface area contributed by atoms with Gasteiger partial charge in [-0.25, -0.2) is 0 Å². The minimum Gasteiger partial charge on any atom is -0.497 e. The molecule has 1 heterocycles. The SMILES string of the molecule is COc1ccc(OCCC#CCC[C@@H]2COC(C)N2)cc1. The van der Waals surface area contributed by atoms with Gasteiger partial charge < -0.3 is 14.2 Å². The molecule has 21 heavy (non-hydrogen) atoms. The summed E-state index contributed by atoms with van der Waals surface area (Å²) < 4.78 is 16.1. The lowest BCUT2D eigenvalue weighted by Gasteiger charge is -2.06. The van der Waals surface area contributed by atoms with Gasteiger partial charge in [0.15, 0.2) is 0 Å². The number of ether oxygens (including phenoxy) is 3. The molecule has 1 aliphatic heterocycles. The van der Waals surface area contributed by atoms with Crippen LogP contribution < -0.4 is 14.8 Å². The molecule has 0 aromatic heterocycles. The molecule has 0 amide bonds. The summed E-state index contributed by atoms with van der Waals surface area (Å²) in [5.74, 6) is 8.01. The molecule has 4 heteroatoms. The zero-order chi connectivity index (χ0) is 14.9. The van der Waals surface area contributed by atoms with E-state index < -0.39 is 0 Å². The van der Waals surface area contributed by atoms with E-state index in [9.17, 15) is 0 Å². The molecular formula is C17H23NO3. The molecule has 114 valence electrons. The van der Waals surface area contributed by atoms with E-state index in [-0.39, 0.29) is 6.23 Å². The quantitative estimate of drug-likeness (QED) is 0.645. The Morgan fingerprint density at radius 1 is 1.19 bits per heavy atom. The van der Waals surface area contributed by atoms with Gasteiger partial charge >= 0.3 is 0 Å². The highest BCUT2D eigenvalue weighted by Gasteiger charge is 2.19.